The first-order valence-corrected chi connectivity index (χ1v) is 6.71. The highest BCUT2D eigenvalue weighted by atomic mass is 16.6. The van der Waals surface area contributed by atoms with Crippen LogP contribution in [0, 0.1) is 10.1 Å². The van der Waals surface area contributed by atoms with Crippen molar-refractivity contribution < 1.29 is 14.5 Å². The van der Waals surface area contributed by atoms with Gasteiger partial charge in [-0.3, -0.25) is 14.9 Å². The maximum atomic E-state index is 11.9. The van der Waals surface area contributed by atoms with E-state index in [2.05, 4.69) is 5.32 Å². The molecule has 1 amide bonds. The third-order valence-electron chi connectivity index (χ3n) is 2.82. The largest absolute Gasteiger partial charge is 0.380 e. The first-order valence-electron chi connectivity index (χ1n) is 6.71. The highest BCUT2D eigenvalue weighted by molar-refractivity contribution is 5.95. The van der Waals surface area contributed by atoms with Gasteiger partial charge in [-0.15, -0.1) is 0 Å². The smallest absolute Gasteiger partial charge is 0.292 e. The second kappa shape index (κ2) is 7.58. The highest BCUT2D eigenvalue weighted by Crippen LogP contribution is 2.26. The first kappa shape index (κ1) is 16.9. The zero-order valence-electron chi connectivity index (χ0n) is 12.8. The number of anilines is 1. The van der Waals surface area contributed by atoms with Crippen molar-refractivity contribution in [2.75, 3.05) is 32.6 Å². The van der Waals surface area contributed by atoms with Gasteiger partial charge in [-0.25, -0.2) is 0 Å². The lowest BCUT2D eigenvalue weighted by molar-refractivity contribution is -0.384. The minimum absolute atomic E-state index is 0.0614. The minimum atomic E-state index is -0.473. The summed E-state index contributed by atoms with van der Waals surface area (Å²) in [6.07, 6.45) is 0. The summed E-state index contributed by atoms with van der Waals surface area (Å²) in [5.41, 5.74) is 0.658. The molecular weight excluding hydrogens is 274 g/mol. The number of nitro groups is 1. The molecule has 1 aromatic rings. The van der Waals surface area contributed by atoms with Crippen LogP contribution in [-0.4, -0.2) is 49.1 Å². The van der Waals surface area contributed by atoms with Crippen LogP contribution in [0.3, 0.4) is 0 Å². The lowest BCUT2D eigenvalue weighted by Gasteiger charge is -2.16. The quantitative estimate of drug-likeness (QED) is 0.615. The van der Waals surface area contributed by atoms with Gasteiger partial charge in [0.25, 0.3) is 11.6 Å². The highest BCUT2D eigenvalue weighted by Gasteiger charge is 2.19. The zero-order chi connectivity index (χ0) is 16.0. The molecular formula is C14H21N3O4. The third kappa shape index (κ3) is 4.71. The monoisotopic (exact) mass is 295 g/mol. The van der Waals surface area contributed by atoms with Gasteiger partial charge in [0.15, 0.2) is 0 Å². The predicted octanol–water partition coefficient (Wildman–Crippen LogP) is 2.13. The van der Waals surface area contributed by atoms with Crippen LogP contribution >= 0.6 is 0 Å². The Morgan fingerprint density at radius 2 is 2.14 bits per heavy atom. The van der Waals surface area contributed by atoms with E-state index >= 15 is 0 Å². The number of hydrogen-bond donors (Lipinski definition) is 1. The molecule has 0 saturated carbocycles. The van der Waals surface area contributed by atoms with E-state index in [0.717, 1.165) is 0 Å². The number of carbonyl (C=O) groups is 1. The van der Waals surface area contributed by atoms with E-state index in [4.69, 9.17) is 4.74 Å². The molecule has 1 atom stereocenters. The minimum Gasteiger partial charge on any atom is -0.380 e. The van der Waals surface area contributed by atoms with E-state index in [9.17, 15) is 14.9 Å². The van der Waals surface area contributed by atoms with Gasteiger partial charge in [-0.1, -0.05) is 0 Å². The molecule has 0 aromatic heterocycles. The van der Waals surface area contributed by atoms with Crippen molar-refractivity contribution in [2.45, 2.75) is 19.9 Å². The number of hydrogen-bond acceptors (Lipinski definition) is 5. The van der Waals surface area contributed by atoms with Crippen molar-refractivity contribution in [3.63, 3.8) is 0 Å². The molecule has 0 spiro atoms. The molecule has 1 aromatic carbocycles. The number of ether oxygens (including phenoxy) is 1. The molecule has 116 valence electrons. The van der Waals surface area contributed by atoms with Crippen molar-refractivity contribution >= 4 is 17.3 Å². The van der Waals surface area contributed by atoms with Crippen LogP contribution in [0.1, 0.15) is 24.2 Å². The van der Waals surface area contributed by atoms with Crippen LogP contribution in [0.4, 0.5) is 11.4 Å². The fraction of sp³-hybridized carbons (Fsp3) is 0.500. The van der Waals surface area contributed by atoms with Crippen molar-refractivity contribution in [3.05, 3.63) is 33.9 Å². The molecule has 7 heteroatoms. The second-order valence-electron chi connectivity index (χ2n) is 4.89. The number of carbonyl (C=O) groups excluding carboxylic acids is 1. The Morgan fingerprint density at radius 3 is 2.67 bits per heavy atom. The molecule has 1 unspecified atom stereocenters. The number of nitrogens with zero attached hydrogens (tertiary/aromatic N) is 2. The standard InChI is InChI=1S/C14H21N3O4/c1-5-21-9-10(2)15-12-8-11(14(18)16(3)4)6-7-13(12)17(19)20/h6-8,10,15H,5,9H2,1-4H3. The van der Waals surface area contributed by atoms with Crippen LogP contribution in [0.15, 0.2) is 18.2 Å². The van der Waals surface area contributed by atoms with Gasteiger partial charge in [0.05, 0.1) is 11.5 Å². The molecule has 0 fully saturated rings. The summed E-state index contributed by atoms with van der Waals surface area (Å²) in [6.45, 7) is 4.75. The first-order chi connectivity index (χ1) is 9.86. The van der Waals surface area contributed by atoms with Gasteiger partial charge < -0.3 is 15.0 Å². The predicted molar refractivity (Wildman–Crippen MR) is 80.7 cm³/mol. The summed E-state index contributed by atoms with van der Waals surface area (Å²) < 4.78 is 5.28. The van der Waals surface area contributed by atoms with Gasteiger partial charge in [0.2, 0.25) is 0 Å². The van der Waals surface area contributed by atoms with Crippen LogP contribution in [-0.2, 0) is 4.74 Å². The molecule has 0 aliphatic heterocycles. The van der Waals surface area contributed by atoms with Crippen LogP contribution < -0.4 is 5.32 Å². The Balaban J connectivity index is 3.04. The fourth-order valence-electron chi connectivity index (χ4n) is 1.80. The number of rotatable bonds is 7. The number of nitrogens with one attached hydrogen (secondary N) is 1. The number of nitro benzene ring substituents is 1. The molecule has 0 saturated heterocycles. The van der Waals surface area contributed by atoms with Gasteiger partial charge in [-0.2, -0.15) is 0 Å². The second-order valence-corrected chi connectivity index (χ2v) is 4.89. The fourth-order valence-corrected chi connectivity index (χ4v) is 1.80. The molecule has 7 nitrogen and oxygen atoms in total. The molecule has 0 aliphatic rings. The van der Waals surface area contributed by atoms with Gasteiger partial charge >= 0.3 is 0 Å². The molecule has 0 aliphatic carbocycles. The summed E-state index contributed by atoms with van der Waals surface area (Å²) in [7, 11) is 3.27. The maximum absolute atomic E-state index is 11.9. The average molecular weight is 295 g/mol. The van der Waals surface area contributed by atoms with E-state index in [0.29, 0.717) is 24.5 Å². The Labute approximate surface area is 124 Å². The van der Waals surface area contributed by atoms with Crippen LogP contribution in [0.2, 0.25) is 0 Å². The molecule has 0 bridgehead atoms. The average Bonchev–Trinajstić information content (AvgIpc) is 2.43. The van der Waals surface area contributed by atoms with E-state index in [-0.39, 0.29) is 17.6 Å². The molecule has 21 heavy (non-hydrogen) atoms. The van der Waals surface area contributed by atoms with Gasteiger partial charge in [0.1, 0.15) is 5.69 Å². The zero-order valence-corrected chi connectivity index (χ0v) is 12.8. The van der Waals surface area contributed by atoms with Crippen LogP contribution in [0.5, 0.6) is 0 Å². The molecule has 1 rings (SSSR count). The summed E-state index contributed by atoms with van der Waals surface area (Å²) in [5.74, 6) is -0.203. The van der Waals surface area contributed by atoms with Gasteiger partial charge in [-0.05, 0) is 26.0 Å². The molecule has 0 radical (unpaired) electrons. The summed E-state index contributed by atoms with van der Waals surface area (Å²) >= 11 is 0. The van der Waals surface area contributed by atoms with E-state index in [1.54, 1.807) is 14.1 Å². The normalized spacial score (nSPS) is 11.8. The summed E-state index contributed by atoms with van der Waals surface area (Å²) in [4.78, 5) is 24.0. The molecule has 1 N–H and O–H groups in total. The third-order valence-corrected chi connectivity index (χ3v) is 2.82. The molecule has 0 heterocycles. The lowest BCUT2D eigenvalue weighted by atomic mass is 10.1. The Bertz CT molecular complexity index is 517. The maximum Gasteiger partial charge on any atom is 0.292 e. The summed E-state index contributed by atoms with van der Waals surface area (Å²) in [6, 6.07) is 4.20. The van der Waals surface area contributed by atoms with Crippen LogP contribution in [0.25, 0.3) is 0 Å². The van der Waals surface area contributed by atoms with Crippen molar-refractivity contribution in [3.8, 4) is 0 Å². The summed E-state index contributed by atoms with van der Waals surface area (Å²) in [5, 5.41) is 14.1. The van der Waals surface area contributed by atoms with Crippen molar-refractivity contribution in [2.24, 2.45) is 0 Å². The number of amides is 1. The van der Waals surface area contributed by atoms with E-state index in [1.807, 2.05) is 13.8 Å². The van der Waals surface area contributed by atoms with Crippen molar-refractivity contribution in [1.29, 1.82) is 0 Å². The SMILES string of the molecule is CCOCC(C)Nc1cc(C(=O)N(C)C)ccc1[N+](=O)[O-]. The Hall–Kier alpha value is -2.15. The lowest BCUT2D eigenvalue weighted by Crippen LogP contribution is -2.24. The topological polar surface area (TPSA) is 84.7 Å². The van der Waals surface area contributed by atoms with E-state index in [1.165, 1.54) is 23.1 Å². The Kier molecular flexibility index (Phi) is 6.10. The van der Waals surface area contributed by atoms with Gasteiger partial charge in [0, 0.05) is 38.4 Å². The number of benzene rings is 1. The Morgan fingerprint density at radius 1 is 1.48 bits per heavy atom. The van der Waals surface area contributed by atoms with E-state index < -0.39 is 4.92 Å². The van der Waals surface area contributed by atoms with Crippen molar-refractivity contribution in [1.82, 2.24) is 4.90 Å².